The highest BCUT2D eigenvalue weighted by molar-refractivity contribution is 6.09. The summed E-state index contributed by atoms with van der Waals surface area (Å²) in [6.45, 7) is 6.49. The van der Waals surface area contributed by atoms with Gasteiger partial charge in [0, 0.05) is 17.9 Å². The van der Waals surface area contributed by atoms with Crippen molar-refractivity contribution in [2.24, 2.45) is 0 Å². The molecule has 0 atom stereocenters. The van der Waals surface area contributed by atoms with E-state index in [1.165, 1.54) is 0 Å². The normalized spacial score (nSPS) is 10.3. The SMILES string of the molecule is CCN(C(=O)c1cccc(C)c1N)c1ccccc1C. The molecule has 2 N–H and O–H groups in total. The molecule has 2 aromatic carbocycles. The van der Waals surface area contributed by atoms with Crippen molar-refractivity contribution >= 4 is 17.3 Å². The molecule has 0 saturated heterocycles. The lowest BCUT2D eigenvalue weighted by Crippen LogP contribution is -2.31. The van der Waals surface area contributed by atoms with E-state index in [0.29, 0.717) is 17.8 Å². The lowest BCUT2D eigenvalue weighted by Gasteiger charge is -2.24. The Morgan fingerprint density at radius 3 is 2.35 bits per heavy atom. The van der Waals surface area contributed by atoms with Crippen molar-refractivity contribution < 1.29 is 4.79 Å². The van der Waals surface area contributed by atoms with Crippen LogP contribution in [0.4, 0.5) is 11.4 Å². The van der Waals surface area contributed by atoms with E-state index in [1.807, 2.05) is 57.2 Å². The maximum Gasteiger partial charge on any atom is 0.260 e. The first-order valence-electron chi connectivity index (χ1n) is 6.78. The number of hydrogen-bond acceptors (Lipinski definition) is 2. The number of carbonyl (C=O) groups is 1. The summed E-state index contributed by atoms with van der Waals surface area (Å²) in [7, 11) is 0. The van der Waals surface area contributed by atoms with E-state index >= 15 is 0 Å². The first kappa shape index (κ1) is 14.1. The zero-order valence-corrected chi connectivity index (χ0v) is 12.2. The second-order valence-electron chi connectivity index (χ2n) is 4.87. The molecule has 0 saturated carbocycles. The van der Waals surface area contributed by atoms with Crippen LogP contribution in [0.3, 0.4) is 0 Å². The molecule has 104 valence electrons. The maximum absolute atomic E-state index is 12.7. The maximum atomic E-state index is 12.7. The first-order valence-corrected chi connectivity index (χ1v) is 6.78. The third-order valence-corrected chi connectivity index (χ3v) is 3.52. The largest absolute Gasteiger partial charge is 0.398 e. The Kier molecular flexibility index (Phi) is 4.08. The number of nitrogens with zero attached hydrogens (tertiary/aromatic N) is 1. The van der Waals surface area contributed by atoms with Crippen molar-refractivity contribution in [3.05, 3.63) is 59.2 Å². The summed E-state index contributed by atoms with van der Waals surface area (Å²) < 4.78 is 0. The zero-order valence-electron chi connectivity index (χ0n) is 12.2. The third kappa shape index (κ3) is 2.52. The number of para-hydroxylation sites is 2. The fourth-order valence-electron chi connectivity index (χ4n) is 2.30. The van der Waals surface area contributed by atoms with Crippen molar-refractivity contribution in [2.45, 2.75) is 20.8 Å². The van der Waals surface area contributed by atoms with Gasteiger partial charge < -0.3 is 10.6 Å². The fourth-order valence-corrected chi connectivity index (χ4v) is 2.30. The monoisotopic (exact) mass is 268 g/mol. The number of hydrogen-bond donors (Lipinski definition) is 1. The third-order valence-electron chi connectivity index (χ3n) is 3.52. The van der Waals surface area contributed by atoms with E-state index in [9.17, 15) is 4.79 Å². The second kappa shape index (κ2) is 5.78. The van der Waals surface area contributed by atoms with Crippen LogP contribution in [0.25, 0.3) is 0 Å². The molecule has 0 aliphatic heterocycles. The smallest absolute Gasteiger partial charge is 0.260 e. The predicted octanol–water partition coefficient (Wildman–Crippen LogP) is 3.55. The van der Waals surface area contributed by atoms with Crippen LogP contribution in [0.5, 0.6) is 0 Å². The molecular formula is C17H20N2O. The van der Waals surface area contributed by atoms with Crippen molar-refractivity contribution in [1.29, 1.82) is 0 Å². The average molecular weight is 268 g/mol. The summed E-state index contributed by atoms with van der Waals surface area (Å²) >= 11 is 0. The number of nitrogens with two attached hydrogens (primary N) is 1. The van der Waals surface area contributed by atoms with E-state index < -0.39 is 0 Å². The highest BCUT2D eigenvalue weighted by Crippen LogP contribution is 2.24. The van der Waals surface area contributed by atoms with Gasteiger partial charge in [0.15, 0.2) is 0 Å². The van der Waals surface area contributed by atoms with Crippen LogP contribution >= 0.6 is 0 Å². The number of nitrogen functional groups attached to an aromatic ring is 1. The Morgan fingerprint density at radius 1 is 1.05 bits per heavy atom. The Bertz CT molecular complexity index is 635. The average Bonchev–Trinajstić information content (AvgIpc) is 2.44. The van der Waals surface area contributed by atoms with Gasteiger partial charge in [0.2, 0.25) is 0 Å². The Hall–Kier alpha value is -2.29. The molecule has 0 aromatic heterocycles. The molecule has 0 spiro atoms. The molecule has 20 heavy (non-hydrogen) atoms. The van der Waals surface area contributed by atoms with Crippen LogP contribution in [0.1, 0.15) is 28.4 Å². The number of carbonyl (C=O) groups excluding carboxylic acids is 1. The molecule has 2 rings (SSSR count). The second-order valence-corrected chi connectivity index (χ2v) is 4.87. The van der Waals surface area contributed by atoms with Gasteiger partial charge in [-0.3, -0.25) is 4.79 Å². The summed E-state index contributed by atoms with van der Waals surface area (Å²) in [5, 5.41) is 0. The van der Waals surface area contributed by atoms with Gasteiger partial charge in [-0.05, 0) is 44.0 Å². The number of rotatable bonds is 3. The van der Waals surface area contributed by atoms with Crippen LogP contribution in [-0.2, 0) is 0 Å². The minimum Gasteiger partial charge on any atom is -0.398 e. The summed E-state index contributed by atoms with van der Waals surface area (Å²) in [5.41, 5.74) is 10.1. The van der Waals surface area contributed by atoms with Gasteiger partial charge >= 0.3 is 0 Å². The minimum atomic E-state index is -0.0528. The van der Waals surface area contributed by atoms with Crippen LogP contribution in [0, 0.1) is 13.8 Å². The molecule has 3 heteroatoms. The molecule has 0 heterocycles. The molecule has 0 radical (unpaired) electrons. The zero-order chi connectivity index (χ0) is 14.7. The van der Waals surface area contributed by atoms with Gasteiger partial charge in [-0.15, -0.1) is 0 Å². The molecule has 2 aromatic rings. The topological polar surface area (TPSA) is 46.3 Å². The minimum absolute atomic E-state index is 0.0528. The van der Waals surface area contributed by atoms with Crippen molar-refractivity contribution in [2.75, 3.05) is 17.2 Å². The Morgan fingerprint density at radius 2 is 1.70 bits per heavy atom. The molecule has 0 aliphatic carbocycles. The first-order chi connectivity index (χ1) is 9.56. The lowest BCUT2D eigenvalue weighted by atomic mass is 10.1. The van der Waals surface area contributed by atoms with Gasteiger partial charge in [-0.2, -0.15) is 0 Å². The summed E-state index contributed by atoms with van der Waals surface area (Å²) in [5.74, 6) is -0.0528. The molecular weight excluding hydrogens is 248 g/mol. The van der Waals surface area contributed by atoms with Gasteiger partial charge in [-0.1, -0.05) is 30.3 Å². The Labute approximate surface area is 120 Å². The number of aryl methyl sites for hydroxylation is 2. The summed E-state index contributed by atoms with van der Waals surface area (Å²) in [6.07, 6.45) is 0. The number of anilines is 2. The van der Waals surface area contributed by atoms with Crippen molar-refractivity contribution in [3.63, 3.8) is 0 Å². The molecule has 3 nitrogen and oxygen atoms in total. The van der Waals surface area contributed by atoms with E-state index in [-0.39, 0.29) is 5.91 Å². The van der Waals surface area contributed by atoms with Gasteiger partial charge in [0.25, 0.3) is 5.91 Å². The number of benzene rings is 2. The highest BCUT2D eigenvalue weighted by Gasteiger charge is 2.19. The quantitative estimate of drug-likeness (QED) is 0.865. The van der Waals surface area contributed by atoms with E-state index in [4.69, 9.17) is 5.73 Å². The van der Waals surface area contributed by atoms with Crippen LogP contribution in [0.15, 0.2) is 42.5 Å². The van der Waals surface area contributed by atoms with Crippen molar-refractivity contribution in [3.8, 4) is 0 Å². The van der Waals surface area contributed by atoms with Crippen LogP contribution in [0.2, 0.25) is 0 Å². The van der Waals surface area contributed by atoms with Gasteiger partial charge in [0.1, 0.15) is 0 Å². The molecule has 0 bridgehead atoms. The molecule has 0 unspecified atom stereocenters. The Balaban J connectivity index is 2.45. The highest BCUT2D eigenvalue weighted by atomic mass is 16.2. The van der Waals surface area contributed by atoms with Crippen molar-refractivity contribution in [1.82, 2.24) is 0 Å². The van der Waals surface area contributed by atoms with E-state index in [2.05, 4.69) is 0 Å². The van der Waals surface area contributed by atoms with Gasteiger partial charge in [0.05, 0.1) is 5.56 Å². The predicted molar refractivity (Wildman–Crippen MR) is 84.1 cm³/mol. The van der Waals surface area contributed by atoms with Crippen LogP contribution in [-0.4, -0.2) is 12.5 Å². The van der Waals surface area contributed by atoms with E-state index in [1.54, 1.807) is 11.0 Å². The summed E-state index contributed by atoms with van der Waals surface area (Å²) in [4.78, 5) is 14.5. The standard InChI is InChI=1S/C17H20N2O/c1-4-19(15-11-6-5-8-12(15)2)17(20)14-10-7-9-13(3)16(14)18/h5-11H,4,18H2,1-3H3. The summed E-state index contributed by atoms with van der Waals surface area (Å²) in [6, 6.07) is 13.4. The van der Waals surface area contributed by atoms with Crippen LogP contribution < -0.4 is 10.6 Å². The molecule has 1 amide bonds. The molecule has 0 aliphatic rings. The number of amides is 1. The van der Waals surface area contributed by atoms with E-state index in [0.717, 1.165) is 16.8 Å². The molecule has 0 fully saturated rings. The lowest BCUT2D eigenvalue weighted by molar-refractivity contribution is 0.0989. The van der Waals surface area contributed by atoms with Gasteiger partial charge in [-0.25, -0.2) is 0 Å². The fraction of sp³-hybridized carbons (Fsp3) is 0.235.